The normalized spacial score (nSPS) is 17.5. The van der Waals surface area contributed by atoms with Crippen molar-refractivity contribution in [1.29, 1.82) is 0 Å². The molecule has 180 valence electrons. The summed E-state index contributed by atoms with van der Waals surface area (Å²) >= 11 is 0. The van der Waals surface area contributed by atoms with Crippen LogP contribution in [0.25, 0.3) is 5.76 Å². The number of aliphatic hydroxyl groups is 1. The number of amides is 1. The summed E-state index contributed by atoms with van der Waals surface area (Å²) in [5.74, 6) is -4.28. The van der Waals surface area contributed by atoms with Gasteiger partial charge in [0.05, 0.1) is 24.3 Å². The minimum Gasteiger partial charge on any atom is -0.507 e. The fourth-order valence-corrected chi connectivity index (χ4v) is 3.80. The molecule has 0 bridgehead atoms. The molecule has 1 atom stereocenters. The van der Waals surface area contributed by atoms with E-state index in [0.29, 0.717) is 5.56 Å². The van der Waals surface area contributed by atoms with Crippen molar-refractivity contribution in [3.63, 3.8) is 0 Å². The number of anilines is 1. The van der Waals surface area contributed by atoms with Crippen LogP contribution in [0.3, 0.4) is 0 Å². The number of carbonyl (C=O) groups is 2. The number of hydrogen-bond donors (Lipinski definition) is 1. The van der Waals surface area contributed by atoms with E-state index in [-0.39, 0.29) is 17.0 Å². The highest BCUT2D eigenvalue weighted by Crippen LogP contribution is 2.44. The lowest BCUT2D eigenvalue weighted by Gasteiger charge is -2.26. The molecule has 4 rings (SSSR count). The van der Waals surface area contributed by atoms with Crippen LogP contribution in [-0.4, -0.2) is 35.3 Å². The molecule has 11 heteroatoms. The highest BCUT2D eigenvalue weighted by molar-refractivity contribution is 6.51. The molecule has 0 saturated carbocycles. The van der Waals surface area contributed by atoms with Gasteiger partial charge in [-0.1, -0.05) is 6.07 Å². The lowest BCUT2D eigenvalue weighted by molar-refractivity contribution is -0.274. The number of benzene rings is 2. The molecule has 2 aromatic carbocycles. The van der Waals surface area contributed by atoms with E-state index in [1.54, 1.807) is 0 Å². The van der Waals surface area contributed by atoms with Gasteiger partial charge in [-0.25, -0.2) is 4.39 Å². The van der Waals surface area contributed by atoms with Crippen molar-refractivity contribution < 1.29 is 41.7 Å². The van der Waals surface area contributed by atoms with Gasteiger partial charge >= 0.3 is 6.36 Å². The van der Waals surface area contributed by atoms with Crippen molar-refractivity contribution in [3.05, 3.63) is 89.5 Å². The summed E-state index contributed by atoms with van der Waals surface area (Å²) < 4.78 is 61.3. The molecule has 1 amide bonds. The van der Waals surface area contributed by atoms with Gasteiger partial charge < -0.3 is 14.6 Å². The number of ether oxygens (including phenoxy) is 2. The largest absolute Gasteiger partial charge is 0.573 e. The van der Waals surface area contributed by atoms with Gasteiger partial charge in [0.2, 0.25) is 0 Å². The van der Waals surface area contributed by atoms with Crippen LogP contribution in [0.4, 0.5) is 23.2 Å². The standard InChI is InChI=1S/C24H16F4N2O5/c1-34-18-6-5-14(25)11-17(18)21(31)19-20(13-7-9-29-10-8-13)30(23(33)22(19)32)15-3-2-4-16(12-15)35-24(26,27)28/h2-12,20,31H,1H3/b21-19+. The topological polar surface area (TPSA) is 89.0 Å². The number of ketones is 1. The zero-order valence-corrected chi connectivity index (χ0v) is 17.9. The third-order valence-electron chi connectivity index (χ3n) is 5.21. The molecule has 1 fully saturated rings. The number of nitrogens with zero attached hydrogens (tertiary/aromatic N) is 2. The molecule has 1 aliphatic rings. The van der Waals surface area contributed by atoms with Crippen LogP contribution in [0.5, 0.6) is 11.5 Å². The Bertz CT molecular complexity index is 1320. The Morgan fingerprint density at radius 3 is 2.43 bits per heavy atom. The Hall–Kier alpha value is -4.41. The summed E-state index contributed by atoms with van der Waals surface area (Å²) in [4.78, 5) is 31.0. The van der Waals surface area contributed by atoms with Crippen molar-refractivity contribution in [1.82, 2.24) is 4.98 Å². The number of pyridine rings is 1. The Kier molecular flexibility index (Phi) is 6.16. The Balaban J connectivity index is 1.93. The van der Waals surface area contributed by atoms with E-state index in [0.717, 1.165) is 29.2 Å². The molecule has 35 heavy (non-hydrogen) atoms. The van der Waals surface area contributed by atoms with E-state index < -0.39 is 47.0 Å². The maximum Gasteiger partial charge on any atom is 0.573 e. The highest BCUT2D eigenvalue weighted by atomic mass is 19.4. The SMILES string of the molecule is COc1ccc(F)cc1/C(O)=C1\C(=O)C(=O)N(c2cccc(OC(F)(F)F)c2)C1c1ccncc1. The van der Waals surface area contributed by atoms with Crippen molar-refractivity contribution in [3.8, 4) is 11.5 Å². The number of aliphatic hydroxyl groups excluding tert-OH is 1. The van der Waals surface area contributed by atoms with Crippen molar-refractivity contribution in [2.75, 3.05) is 12.0 Å². The van der Waals surface area contributed by atoms with Crippen LogP contribution in [0, 0.1) is 5.82 Å². The zero-order chi connectivity index (χ0) is 25.3. The number of halogens is 4. The number of rotatable bonds is 5. The van der Waals surface area contributed by atoms with E-state index in [4.69, 9.17) is 4.74 Å². The lowest BCUT2D eigenvalue weighted by atomic mass is 9.95. The van der Waals surface area contributed by atoms with Gasteiger partial charge in [0.25, 0.3) is 11.7 Å². The lowest BCUT2D eigenvalue weighted by Crippen LogP contribution is -2.29. The second-order valence-electron chi connectivity index (χ2n) is 7.34. The number of alkyl halides is 3. The Morgan fingerprint density at radius 2 is 1.77 bits per heavy atom. The summed E-state index contributed by atoms with van der Waals surface area (Å²) in [7, 11) is 1.27. The molecular formula is C24H16F4N2O5. The average Bonchev–Trinajstić information content (AvgIpc) is 3.08. The molecule has 1 unspecified atom stereocenters. The first kappa shape index (κ1) is 23.7. The maximum absolute atomic E-state index is 14.0. The third-order valence-corrected chi connectivity index (χ3v) is 5.21. The van der Waals surface area contributed by atoms with E-state index in [1.165, 1.54) is 49.8 Å². The predicted octanol–water partition coefficient (Wildman–Crippen LogP) is 4.75. The van der Waals surface area contributed by atoms with Gasteiger partial charge in [-0.05, 0) is 48.0 Å². The molecule has 0 aliphatic carbocycles. The molecule has 7 nitrogen and oxygen atoms in total. The van der Waals surface area contributed by atoms with Crippen LogP contribution in [0.2, 0.25) is 0 Å². The molecule has 0 spiro atoms. The first-order valence-corrected chi connectivity index (χ1v) is 10.0. The first-order valence-electron chi connectivity index (χ1n) is 10.0. The molecule has 2 heterocycles. The van der Waals surface area contributed by atoms with Crippen molar-refractivity contribution >= 4 is 23.1 Å². The molecule has 3 aromatic rings. The quantitative estimate of drug-likeness (QED) is 0.241. The minimum atomic E-state index is -4.98. The Labute approximate surface area is 195 Å². The van der Waals surface area contributed by atoms with E-state index in [1.807, 2.05) is 0 Å². The van der Waals surface area contributed by atoms with Crippen LogP contribution >= 0.6 is 0 Å². The molecule has 0 radical (unpaired) electrons. The van der Waals surface area contributed by atoms with Crippen molar-refractivity contribution in [2.45, 2.75) is 12.4 Å². The summed E-state index contributed by atoms with van der Waals surface area (Å²) in [6, 6.07) is 9.42. The molecular weight excluding hydrogens is 472 g/mol. The molecule has 1 N–H and O–H groups in total. The van der Waals surface area contributed by atoms with Gasteiger partial charge in [-0.15, -0.1) is 13.2 Å². The van der Waals surface area contributed by atoms with Crippen LogP contribution in [0.1, 0.15) is 17.2 Å². The number of Topliss-reactive ketones (excluding diaryl/α,β-unsaturated/α-hetero) is 1. The van der Waals surface area contributed by atoms with Crippen molar-refractivity contribution in [2.24, 2.45) is 0 Å². The predicted molar refractivity (Wildman–Crippen MR) is 115 cm³/mol. The van der Waals surface area contributed by atoms with E-state index in [2.05, 4.69) is 9.72 Å². The van der Waals surface area contributed by atoms with Gasteiger partial charge in [0, 0.05) is 24.1 Å². The zero-order valence-electron chi connectivity index (χ0n) is 17.9. The summed E-state index contributed by atoms with van der Waals surface area (Å²) in [5.41, 5.74) is -0.370. The molecule has 1 aliphatic heterocycles. The second kappa shape index (κ2) is 9.09. The molecule has 1 saturated heterocycles. The van der Waals surface area contributed by atoms with Crippen LogP contribution in [0.15, 0.2) is 72.6 Å². The van der Waals surface area contributed by atoms with E-state index in [9.17, 15) is 32.3 Å². The summed E-state index contributed by atoms with van der Waals surface area (Å²) in [6.07, 6.45) is -2.23. The minimum absolute atomic E-state index is 0.0316. The number of methoxy groups -OCH3 is 1. The van der Waals surface area contributed by atoms with Gasteiger partial charge in [-0.3, -0.25) is 19.5 Å². The van der Waals surface area contributed by atoms with Gasteiger partial charge in [-0.2, -0.15) is 0 Å². The third kappa shape index (κ3) is 4.65. The number of carbonyl (C=O) groups excluding carboxylic acids is 2. The van der Waals surface area contributed by atoms with Gasteiger partial charge in [0.1, 0.15) is 23.1 Å². The van der Waals surface area contributed by atoms with E-state index >= 15 is 0 Å². The maximum atomic E-state index is 14.0. The van der Waals surface area contributed by atoms with Gasteiger partial charge in [0.15, 0.2) is 0 Å². The van der Waals surface area contributed by atoms with Crippen LogP contribution in [-0.2, 0) is 9.59 Å². The Morgan fingerprint density at radius 1 is 1.06 bits per heavy atom. The summed E-state index contributed by atoms with van der Waals surface area (Å²) in [6.45, 7) is 0. The fourth-order valence-electron chi connectivity index (χ4n) is 3.80. The molecule has 1 aromatic heterocycles. The number of aromatic nitrogens is 1. The first-order chi connectivity index (χ1) is 16.6. The summed E-state index contributed by atoms with van der Waals surface area (Å²) in [5, 5.41) is 11.1. The highest BCUT2D eigenvalue weighted by Gasteiger charge is 2.47. The smallest absolute Gasteiger partial charge is 0.507 e. The van der Waals surface area contributed by atoms with Crippen LogP contribution < -0.4 is 14.4 Å². The second-order valence-corrected chi connectivity index (χ2v) is 7.34. The fraction of sp³-hybridized carbons (Fsp3) is 0.125. The monoisotopic (exact) mass is 488 g/mol. The number of hydrogen-bond acceptors (Lipinski definition) is 6. The average molecular weight is 488 g/mol.